The summed E-state index contributed by atoms with van der Waals surface area (Å²) in [6, 6.07) is 15.1. The predicted molar refractivity (Wildman–Crippen MR) is 112 cm³/mol. The minimum absolute atomic E-state index is 0.0286. The van der Waals surface area contributed by atoms with Gasteiger partial charge in [0.05, 0.1) is 18.7 Å². The summed E-state index contributed by atoms with van der Waals surface area (Å²) < 4.78 is 5.95. The highest BCUT2D eigenvalue weighted by atomic mass is 32.1. The molecule has 0 radical (unpaired) electrons. The summed E-state index contributed by atoms with van der Waals surface area (Å²) in [4.78, 5) is 26.1. The maximum atomic E-state index is 12.5. The Bertz CT molecular complexity index is 965. The predicted octanol–water partition coefficient (Wildman–Crippen LogP) is 3.82. The van der Waals surface area contributed by atoms with Crippen molar-refractivity contribution in [1.29, 1.82) is 0 Å². The number of likely N-dealkylation sites (N-methyl/N-ethyl adjacent to an activating group) is 1. The number of hydrogen-bond acceptors (Lipinski definition) is 5. The van der Waals surface area contributed by atoms with Crippen LogP contribution < -0.4 is 5.32 Å². The first-order chi connectivity index (χ1) is 13.5. The Hall–Kier alpha value is -2.70. The lowest BCUT2D eigenvalue weighted by Gasteiger charge is -2.23. The first-order valence-electron chi connectivity index (χ1n) is 9.10. The lowest BCUT2D eigenvalue weighted by molar-refractivity contribution is -0.125. The summed E-state index contributed by atoms with van der Waals surface area (Å²) in [5.41, 5.74) is 2.66. The van der Waals surface area contributed by atoms with Crippen LogP contribution >= 0.6 is 11.3 Å². The van der Waals surface area contributed by atoms with Crippen LogP contribution in [0.3, 0.4) is 0 Å². The maximum Gasteiger partial charge on any atom is 0.337 e. The Kier molecular flexibility index (Phi) is 6.44. The lowest BCUT2D eigenvalue weighted by atomic mass is 10.1. The van der Waals surface area contributed by atoms with E-state index in [0.717, 1.165) is 5.56 Å². The van der Waals surface area contributed by atoms with E-state index in [2.05, 4.69) is 27.6 Å². The topological polar surface area (TPSA) is 58.6 Å². The number of carbonyl (C=O) groups excluding carboxylic acids is 2. The van der Waals surface area contributed by atoms with Gasteiger partial charge in [0, 0.05) is 17.8 Å². The van der Waals surface area contributed by atoms with Gasteiger partial charge in [-0.2, -0.15) is 0 Å². The molecule has 0 spiro atoms. The van der Waals surface area contributed by atoms with Crippen molar-refractivity contribution in [2.24, 2.45) is 0 Å². The molecule has 1 aromatic heterocycles. The number of thiophene rings is 1. The molecule has 6 heteroatoms. The Balaban J connectivity index is 1.55. The zero-order valence-corrected chi connectivity index (χ0v) is 17.1. The Morgan fingerprint density at radius 1 is 1.14 bits per heavy atom. The Labute approximate surface area is 168 Å². The van der Waals surface area contributed by atoms with Gasteiger partial charge >= 0.3 is 5.97 Å². The average molecular weight is 397 g/mol. The number of nitrogens with zero attached hydrogens (tertiary/aromatic N) is 1. The first-order valence-corrected chi connectivity index (χ1v) is 9.98. The third kappa shape index (κ3) is 4.58. The number of carbonyl (C=O) groups is 2. The molecule has 0 aliphatic rings. The number of amides is 1. The van der Waals surface area contributed by atoms with Crippen LogP contribution in [0.1, 0.15) is 28.4 Å². The highest BCUT2D eigenvalue weighted by Crippen LogP contribution is 2.26. The minimum Gasteiger partial charge on any atom is -0.465 e. The molecule has 0 aliphatic heterocycles. The summed E-state index contributed by atoms with van der Waals surface area (Å²) in [7, 11) is 3.31. The first kappa shape index (κ1) is 20.0. The molecule has 0 saturated heterocycles. The number of nitrogens with one attached hydrogen (secondary N) is 1. The van der Waals surface area contributed by atoms with Crippen molar-refractivity contribution in [1.82, 2.24) is 10.2 Å². The highest BCUT2D eigenvalue weighted by molar-refractivity contribution is 7.17. The quantitative estimate of drug-likeness (QED) is 0.617. The van der Waals surface area contributed by atoms with Crippen LogP contribution in [0, 0.1) is 0 Å². The fraction of sp³-hybridized carbons (Fsp3) is 0.273. The van der Waals surface area contributed by atoms with E-state index in [1.54, 1.807) is 23.5 Å². The summed E-state index contributed by atoms with van der Waals surface area (Å²) >= 11 is 1.73. The molecule has 0 bridgehead atoms. The third-order valence-electron chi connectivity index (χ3n) is 4.86. The molecular weight excluding hydrogens is 372 g/mol. The van der Waals surface area contributed by atoms with Gasteiger partial charge in [0.25, 0.3) is 0 Å². The molecule has 1 amide bonds. The molecular formula is C22H24N2O3S. The molecule has 5 nitrogen and oxygen atoms in total. The molecule has 146 valence electrons. The lowest BCUT2D eigenvalue weighted by Crippen LogP contribution is -2.42. The van der Waals surface area contributed by atoms with Gasteiger partial charge in [-0.1, -0.05) is 30.3 Å². The molecule has 28 heavy (non-hydrogen) atoms. The Morgan fingerprint density at radius 3 is 2.57 bits per heavy atom. The molecule has 3 aromatic rings. The number of esters is 1. The Morgan fingerprint density at radius 2 is 1.86 bits per heavy atom. The average Bonchev–Trinajstić information content (AvgIpc) is 3.14. The van der Waals surface area contributed by atoms with E-state index in [-0.39, 0.29) is 17.9 Å². The second-order valence-corrected chi connectivity index (χ2v) is 7.67. The number of rotatable bonds is 7. The van der Waals surface area contributed by atoms with Crippen molar-refractivity contribution in [3.8, 4) is 0 Å². The molecule has 0 aliphatic carbocycles. The molecule has 1 atom stereocenters. The monoisotopic (exact) mass is 396 g/mol. The maximum absolute atomic E-state index is 12.5. The second kappa shape index (κ2) is 8.99. The summed E-state index contributed by atoms with van der Waals surface area (Å²) in [5, 5.41) is 6.37. The van der Waals surface area contributed by atoms with Gasteiger partial charge in [-0.05, 0) is 54.1 Å². The van der Waals surface area contributed by atoms with Gasteiger partial charge in [-0.3, -0.25) is 9.69 Å². The number of hydrogen-bond donors (Lipinski definition) is 1. The van der Waals surface area contributed by atoms with E-state index in [1.165, 1.54) is 22.8 Å². The van der Waals surface area contributed by atoms with Crippen LogP contribution in [-0.4, -0.2) is 37.0 Å². The van der Waals surface area contributed by atoms with E-state index < -0.39 is 0 Å². The van der Waals surface area contributed by atoms with Crippen LogP contribution in [0.5, 0.6) is 0 Å². The van der Waals surface area contributed by atoms with Gasteiger partial charge in [-0.15, -0.1) is 11.3 Å². The molecule has 2 aromatic carbocycles. The zero-order chi connectivity index (χ0) is 20.1. The summed E-state index contributed by atoms with van der Waals surface area (Å²) in [6.45, 7) is 3.04. The largest absolute Gasteiger partial charge is 0.465 e. The highest BCUT2D eigenvalue weighted by Gasteiger charge is 2.19. The fourth-order valence-corrected chi connectivity index (χ4v) is 3.93. The molecule has 1 N–H and O–H groups in total. The number of ether oxygens (including phenoxy) is 1. The molecule has 3 rings (SSSR count). The van der Waals surface area contributed by atoms with Crippen LogP contribution in [0.4, 0.5) is 0 Å². The molecule has 1 heterocycles. The molecule has 0 saturated carbocycles. The van der Waals surface area contributed by atoms with Gasteiger partial charge < -0.3 is 10.1 Å². The minimum atomic E-state index is -0.369. The zero-order valence-electron chi connectivity index (χ0n) is 16.3. The van der Waals surface area contributed by atoms with Crippen LogP contribution in [-0.2, 0) is 22.6 Å². The van der Waals surface area contributed by atoms with Gasteiger partial charge in [0.15, 0.2) is 0 Å². The van der Waals surface area contributed by atoms with Gasteiger partial charge in [0.2, 0.25) is 5.91 Å². The van der Waals surface area contributed by atoms with E-state index in [0.29, 0.717) is 18.7 Å². The number of methoxy groups -OCH3 is 1. The van der Waals surface area contributed by atoms with Gasteiger partial charge in [-0.25, -0.2) is 4.79 Å². The summed E-state index contributed by atoms with van der Waals surface area (Å²) in [5.74, 6) is -0.397. The van der Waals surface area contributed by atoms with Crippen molar-refractivity contribution in [3.63, 3.8) is 0 Å². The van der Waals surface area contributed by atoms with Crippen LogP contribution in [0.2, 0.25) is 0 Å². The second-order valence-electron chi connectivity index (χ2n) is 6.75. The van der Waals surface area contributed by atoms with Crippen LogP contribution in [0.25, 0.3) is 10.1 Å². The molecule has 1 unspecified atom stereocenters. The smallest absolute Gasteiger partial charge is 0.337 e. The van der Waals surface area contributed by atoms with Crippen molar-refractivity contribution in [2.75, 3.05) is 14.2 Å². The third-order valence-corrected chi connectivity index (χ3v) is 5.88. The van der Waals surface area contributed by atoms with E-state index in [9.17, 15) is 9.59 Å². The SMILES string of the molecule is COC(=O)c1ccc(CNC(=O)C(C)N(C)Cc2csc3ccccc23)cc1. The number of fused-ring (bicyclic) bond motifs is 1. The van der Waals surface area contributed by atoms with Crippen molar-refractivity contribution in [2.45, 2.75) is 26.1 Å². The normalized spacial score (nSPS) is 12.1. The summed E-state index contributed by atoms with van der Waals surface area (Å²) in [6.07, 6.45) is 0. The number of benzene rings is 2. The standard InChI is InChI=1S/C22H24N2O3S/c1-15(24(2)13-18-14-28-20-7-5-4-6-19(18)20)21(25)23-12-16-8-10-17(11-9-16)22(26)27-3/h4-11,14-15H,12-13H2,1-3H3,(H,23,25). The van der Waals surface area contributed by atoms with Crippen LogP contribution in [0.15, 0.2) is 53.9 Å². The fourth-order valence-electron chi connectivity index (χ4n) is 2.97. The van der Waals surface area contributed by atoms with E-state index >= 15 is 0 Å². The van der Waals surface area contributed by atoms with Gasteiger partial charge in [0.1, 0.15) is 0 Å². The van der Waals surface area contributed by atoms with Crippen molar-refractivity contribution >= 4 is 33.3 Å². The van der Waals surface area contributed by atoms with E-state index in [1.807, 2.05) is 43.1 Å². The van der Waals surface area contributed by atoms with Crippen molar-refractivity contribution in [3.05, 3.63) is 70.6 Å². The van der Waals surface area contributed by atoms with E-state index in [4.69, 9.17) is 0 Å². The van der Waals surface area contributed by atoms with Crippen molar-refractivity contribution < 1.29 is 14.3 Å². The molecule has 0 fully saturated rings.